The van der Waals surface area contributed by atoms with E-state index in [1.165, 1.54) is 11.1 Å². The molecule has 1 aromatic rings. The molecule has 0 bridgehead atoms. The third-order valence-corrected chi connectivity index (χ3v) is 6.26. The van der Waals surface area contributed by atoms with Crippen LogP contribution < -0.4 is 0 Å². The largest absolute Gasteiger partial charge is 0.512 e. The summed E-state index contributed by atoms with van der Waals surface area (Å²) in [6.45, 7) is 10.5. The molecule has 3 rings (SSSR count). The standard InChI is InChI=1S/C21H24Cl2O/c1-6-11(2)15-10-17(22)20-19(13(15)4)14-7-8-18(24)12(3)9-16(14)21(20,5)23/h7,9-11,24H,6,8H2,1-5H3. The highest BCUT2D eigenvalue weighted by Gasteiger charge is 2.44. The highest BCUT2D eigenvalue weighted by atomic mass is 35.5. The van der Waals surface area contributed by atoms with Crippen LogP contribution in [0, 0.1) is 6.92 Å². The fourth-order valence-electron chi connectivity index (χ4n) is 3.90. The third-order valence-electron chi connectivity index (χ3n) is 5.57. The van der Waals surface area contributed by atoms with Gasteiger partial charge in [-0.2, -0.15) is 0 Å². The second-order valence-electron chi connectivity index (χ2n) is 7.14. The van der Waals surface area contributed by atoms with Crippen LogP contribution in [0.15, 0.2) is 35.1 Å². The van der Waals surface area contributed by atoms with Crippen molar-refractivity contribution in [1.82, 2.24) is 0 Å². The van der Waals surface area contributed by atoms with E-state index in [1.54, 1.807) is 0 Å². The quantitative estimate of drug-likeness (QED) is 0.552. The van der Waals surface area contributed by atoms with E-state index in [1.807, 2.05) is 19.9 Å². The molecule has 1 N–H and O–H groups in total. The number of alkyl halides is 1. The summed E-state index contributed by atoms with van der Waals surface area (Å²) in [6, 6.07) is 2.09. The average Bonchev–Trinajstić information content (AvgIpc) is 2.64. The molecule has 0 saturated carbocycles. The first-order valence-electron chi connectivity index (χ1n) is 8.54. The van der Waals surface area contributed by atoms with Crippen LogP contribution in [0.2, 0.25) is 5.02 Å². The van der Waals surface area contributed by atoms with Gasteiger partial charge < -0.3 is 5.11 Å². The molecule has 0 spiro atoms. The van der Waals surface area contributed by atoms with Gasteiger partial charge in [-0.3, -0.25) is 0 Å². The maximum absolute atomic E-state index is 10.2. The lowest BCUT2D eigenvalue weighted by Gasteiger charge is -2.22. The number of hydrogen-bond donors (Lipinski definition) is 1. The summed E-state index contributed by atoms with van der Waals surface area (Å²) in [5.74, 6) is 0.849. The van der Waals surface area contributed by atoms with Gasteiger partial charge in [-0.15, -0.1) is 11.6 Å². The number of allylic oxidation sites excluding steroid dienone is 5. The van der Waals surface area contributed by atoms with E-state index in [4.69, 9.17) is 23.2 Å². The van der Waals surface area contributed by atoms with Crippen molar-refractivity contribution >= 4 is 28.8 Å². The van der Waals surface area contributed by atoms with Crippen molar-refractivity contribution in [2.24, 2.45) is 0 Å². The first kappa shape index (κ1) is 17.6. The Morgan fingerprint density at radius 2 is 2.00 bits per heavy atom. The monoisotopic (exact) mass is 362 g/mol. The molecule has 2 atom stereocenters. The molecule has 0 saturated heterocycles. The number of benzene rings is 1. The molecule has 24 heavy (non-hydrogen) atoms. The Bertz CT molecular complexity index is 810. The van der Waals surface area contributed by atoms with Crippen molar-refractivity contribution in [1.29, 1.82) is 0 Å². The number of halogens is 2. The molecule has 0 amide bonds. The lowest BCUT2D eigenvalue weighted by Crippen LogP contribution is -2.13. The first-order valence-corrected chi connectivity index (χ1v) is 9.29. The van der Waals surface area contributed by atoms with Crippen LogP contribution in [0.25, 0.3) is 5.57 Å². The van der Waals surface area contributed by atoms with Crippen molar-refractivity contribution in [2.75, 3.05) is 0 Å². The van der Waals surface area contributed by atoms with Gasteiger partial charge in [-0.05, 0) is 72.6 Å². The van der Waals surface area contributed by atoms with Crippen LogP contribution in [-0.4, -0.2) is 5.11 Å². The molecule has 2 aliphatic rings. The van der Waals surface area contributed by atoms with Crippen molar-refractivity contribution in [3.05, 3.63) is 62.4 Å². The lowest BCUT2D eigenvalue weighted by molar-refractivity contribution is 0.396. The minimum absolute atomic E-state index is 0.403. The van der Waals surface area contributed by atoms with Gasteiger partial charge >= 0.3 is 0 Å². The Morgan fingerprint density at radius 1 is 1.33 bits per heavy atom. The predicted molar refractivity (Wildman–Crippen MR) is 104 cm³/mol. The topological polar surface area (TPSA) is 20.2 Å². The van der Waals surface area contributed by atoms with Crippen LogP contribution in [-0.2, 0) is 4.87 Å². The van der Waals surface area contributed by atoms with E-state index >= 15 is 0 Å². The van der Waals surface area contributed by atoms with Crippen LogP contribution in [0.4, 0.5) is 0 Å². The highest BCUT2D eigenvalue weighted by molar-refractivity contribution is 6.36. The number of hydrogen-bond acceptors (Lipinski definition) is 1. The molecular weight excluding hydrogens is 339 g/mol. The molecule has 0 heterocycles. The number of rotatable bonds is 2. The second kappa shape index (κ2) is 5.97. The molecule has 1 nitrogen and oxygen atoms in total. The smallest absolute Gasteiger partial charge is 0.0989 e. The molecule has 0 aromatic heterocycles. The predicted octanol–water partition coefficient (Wildman–Crippen LogP) is 7.18. The molecule has 0 aliphatic heterocycles. The second-order valence-corrected chi connectivity index (χ2v) is 8.31. The van der Waals surface area contributed by atoms with E-state index in [9.17, 15) is 5.11 Å². The van der Waals surface area contributed by atoms with Crippen LogP contribution in [0.5, 0.6) is 0 Å². The fourth-order valence-corrected chi connectivity index (χ4v) is 4.70. The van der Waals surface area contributed by atoms with Gasteiger partial charge in [-0.1, -0.05) is 37.6 Å². The van der Waals surface area contributed by atoms with Gasteiger partial charge in [0.25, 0.3) is 0 Å². The summed E-state index contributed by atoms with van der Waals surface area (Å²) in [4.78, 5) is -0.678. The Hall–Kier alpha value is -1.18. The Kier molecular flexibility index (Phi) is 4.38. The lowest BCUT2D eigenvalue weighted by atomic mass is 9.88. The van der Waals surface area contributed by atoms with Crippen molar-refractivity contribution in [3.63, 3.8) is 0 Å². The van der Waals surface area contributed by atoms with E-state index in [0.29, 0.717) is 18.1 Å². The fraction of sp³-hybridized carbons (Fsp3) is 0.429. The van der Waals surface area contributed by atoms with Gasteiger partial charge in [0.2, 0.25) is 0 Å². The minimum Gasteiger partial charge on any atom is -0.512 e. The van der Waals surface area contributed by atoms with E-state index in [-0.39, 0.29) is 0 Å². The van der Waals surface area contributed by atoms with Crippen LogP contribution in [0.1, 0.15) is 68.7 Å². The molecule has 3 heteroatoms. The number of fused-ring (bicyclic) bond motifs is 3. The highest BCUT2D eigenvalue weighted by Crippen LogP contribution is 2.57. The molecule has 2 aliphatic carbocycles. The number of aliphatic hydroxyl groups excluding tert-OH is 1. The van der Waals surface area contributed by atoms with Crippen LogP contribution >= 0.6 is 23.2 Å². The Balaban J connectivity index is 2.35. The summed E-state index contributed by atoms with van der Waals surface area (Å²) in [6.07, 6.45) is 5.70. The zero-order valence-corrected chi connectivity index (χ0v) is 16.4. The third kappa shape index (κ3) is 2.45. The summed E-state index contributed by atoms with van der Waals surface area (Å²) in [7, 11) is 0. The maximum Gasteiger partial charge on any atom is 0.0989 e. The van der Waals surface area contributed by atoms with Gasteiger partial charge in [0.15, 0.2) is 0 Å². The van der Waals surface area contributed by atoms with Gasteiger partial charge in [-0.25, -0.2) is 0 Å². The normalized spacial score (nSPS) is 24.1. The summed E-state index contributed by atoms with van der Waals surface area (Å²) in [5, 5.41) is 10.9. The zero-order chi connectivity index (χ0) is 17.8. The summed E-state index contributed by atoms with van der Waals surface area (Å²) in [5.41, 5.74) is 7.72. The Morgan fingerprint density at radius 3 is 2.62 bits per heavy atom. The molecular formula is C21H24Cl2O. The van der Waals surface area contributed by atoms with Crippen molar-refractivity contribution < 1.29 is 5.11 Å². The van der Waals surface area contributed by atoms with E-state index < -0.39 is 4.87 Å². The number of aliphatic hydroxyl groups is 1. The molecule has 128 valence electrons. The maximum atomic E-state index is 10.2. The average molecular weight is 363 g/mol. The van der Waals surface area contributed by atoms with Crippen LogP contribution in [0.3, 0.4) is 0 Å². The first-order chi connectivity index (χ1) is 11.2. The van der Waals surface area contributed by atoms with E-state index in [2.05, 4.69) is 32.9 Å². The summed E-state index contributed by atoms with van der Waals surface area (Å²) < 4.78 is 0. The Labute approximate surface area is 154 Å². The van der Waals surface area contributed by atoms with Gasteiger partial charge in [0.1, 0.15) is 0 Å². The minimum atomic E-state index is -0.678. The molecule has 2 unspecified atom stereocenters. The molecule has 1 aromatic carbocycles. The van der Waals surface area contributed by atoms with Crippen molar-refractivity contribution in [3.8, 4) is 0 Å². The molecule has 0 radical (unpaired) electrons. The SMILES string of the molecule is CCC(C)c1cc(Cl)c2c(c1C)C1=CCC(O)=C(C)C=C1C2(C)Cl. The van der Waals surface area contributed by atoms with Gasteiger partial charge in [0, 0.05) is 17.0 Å². The van der Waals surface area contributed by atoms with Gasteiger partial charge in [0.05, 0.1) is 10.6 Å². The van der Waals surface area contributed by atoms with E-state index in [0.717, 1.165) is 39.3 Å². The zero-order valence-electron chi connectivity index (χ0n) is 14.9. The summed E-state index contributed by atoms with van der Waals surface area (Å²) >= 11 is 13.7. The van der Waals surface area contributed by atoms with Crippen molar-refractivity contribution in [2.45, 2.75) is 58.3 Å². The molecule has 0 fully saturated rings.